The number of imidazole rings is 1. The number of halogens is 1. The Kier molecular flexibility index (Phi) is 7.48. The van der Waals surface area contributed by atoms with E-state index in [1.807, 2.05) is 12.3 Å². The number of hydrogen-bond acceptors (Lipinski definition) is 5. The molecule has 2 bridgehead atoms. The van der Waals surface area contributed by atoms with Crippen LogP contribution in [-0.4, -0.2) is 62.3 Å². The van der Waals surface area contributed by atoms with Crippen LogP contribution in [0.25, 0.3) is 44.7 Å². The highest BCUT2D eigenvalue weighted by molar-refractivity contribution is 6.00. The van der Waals surface area contributed by atoms with E-state index in [9.17, 15) is 9.18 Å². The summed E-state index contributed by atoms with van der Waals surface area (Å²) in [6.07, 6.45) is 3.93. The molecular weight excluding hydrogens is 591 g/mol. The van der Waals surface area contributed by atoms with Crippen LogP contribution in [0.3, 0.4) is 0 Å². The zero-order valence-electron chi connectivity index (χ0n) is 26.4. The largest absolute Gasteiger partial charge is 0.494 e. The van der Waals surface area contributed by atoms with Gasteiger partial charge in [0.05, 0.1) is 24.9 Å². The Balaban J connectivity index is 1.34. The van der Waals surface area contributed by atoms with Crippen LogP contribution in [-0.2, 0) is 19.5 Å². The summed E-state index contributed by atoms with van der Waals surface area (Å²) in [6.45, 7) is 1.66. The molecule has 2 aliphatic rings. The van der Waals surface area contributed by atoms with Gasteiger partial charge in [-0.1, -0.05) is 42.5 Å². The summed E-state index contributed by atoms with van der Waals surface area (Å²) < 4.78 is 24.9. The minimum absolute atomic E-state index is 0.0269. The fourth-order valence-corrected chi connectivity index (χ4v) is 7.40. The van der Waals surface area contributed by atoms with Crippen molar-refractivity contribution >= 4 is 28.0 Å². The van der Waals surface area contributed by atoms with Crippen LogP contribution < -0.4 is 10.5 Å². The van der Waals surface area contributed by atoms with E-state index in [1.165, 1.54) is 21.6 Å². The predicted molar refractivity (Wildman–Crippen MR) is 182 cm³/mol. The van der Waals surface area contributed by atoms with Crippen molar-refractivity contribution in [1.82, 2.24) is 24.0 Å². The first-order valence-corrected chi connectivity index (χ1v) is 16.4. The number of hydrogen-bond donors (Lipinski definition) is 1. The van der Waals surface area contributed by atoms with Gasteiger partial charge in [0, 0.05) is 42.8 Å². The molecule has 2 aliphatic heterocycles. The van der Waals surface area contributed by atoms with Gasteiger partial charge in [-0.2, -0.15) is 0 Å². The van der Waals surface area contributed by atoms with Gasteiger partial charge in [0.25, 0.3) is 5.91 Å². The molecule has 3 aromatic heterocycles. The Morgan fingerprint density at radius 3 is 2.74 bits per heavy atom. The van der Waals surface area contributed by atoms with Gasteiger partial charge >= 0.3 is 0 Å². The molecule has 1 fully saturated rings. The van der Waals surface area contributed by atoms with Crippen molar-refractivity contribution in [3.63, 3.8) is 0 Å². The minimum Gasteiger partial charge on any atom is -0.494 e. The Labute approximate surface area is 272 Å². The molecule has 1 saturated heterocycles. The zero-order valence-corrected chi connectivity index (χ0v) is 26.4. The van der Waals surface area contributed by atoms with Gasteiger partial charge in [0.1, 0.15) is 23.1 Å². The second kappa shape index (κ2) is 12.0. The van der Waals surface area contributed by atoms with Gasteiger partial charge in [0.15, 0.2) is 5.82 Å². The van der Waals surface area contributed by atoms with E-state index in [0.717, 1.165) is 59.4 Å². The number of carbonyl (C=O) groups is 1. The van der Waals surface area contributed by atoms with Crippen LogP contribution >= 0.6 is 0 Å². The van der Waals surface area contributed by atoms with E-state index in [0.29, 0.717) is 29.9 Å². The number of aromatic nitrogens is 4. The molecular formula is C38H37FN6O2. The maximum Gasteiger partial charge on any atom is 0.254 e. The minimum atomic E-state index is -1.14. The first kappa shape index (κ1) is 29.4. The molecule has 3 aromatic carbocycles. The van der Waals surface area contributed by atoms with Crippen LogP contribution in [0.4, 0.5) is 4.39 Å². The molecule has 8 nitrogen and oxygen atoms in total. The molecule has 0 aliphatic carbocycles. The third kappa shape index (κ3) is 5.34. The van der Waals surface area contributed by atoms with Crippen molar-refractivity contribution in [2.75, 3.05) is 20.2 Å². The highest BCUT2D eigenvalue weighted by Gasteiger charge is 2.30. The molecule has 1 amide bonds. The molecule has 2 atom stereocenters. The molecule has 0 spiro atoms. The van der Waals surface area contributed by atoms with Crippen molar-refractivity contribution in [1.29, 1.82) is 0 Å². The smallest absolute Gasteiger partial charge is 0.254 e. The zero-order chi connectivity index (χ0) is 32.1. The van der Waals surface area contributed by atoms with Crippen LogP contribution in [0.2, 0.25) is 0 Å². The molecule has 6 aromatic rings. The van der Waals surface area contributed by atoms with Gasteiger partial charge in [-0.3, -0.25) is 4.79 Å². The summed E-state index contributed by atoms with van der Waals surface area (Å²) in [5.74, 6) is 1.03. The number of likely N-dealkylation sites (tertiary alicyclic amines) is 1. The lowest BCUT2D eigenvalue weighted by Crippen LogP contribution is -2.50. The molecule has 0 saturated carbocycles. The van der Waals surface area contributed by atoms with Crippen molar-refractivity contribution in [3.05, 3.63) is 102 Å². The van der Waals surface area contributed by atoms with E-state index in [4.69, 9.17) is 20.4 Å². The molecule has 0 unspecified atom stereocenters. The number of nitrogens with zero attached hydrogens (tertiary/aromatic N) is 5. The number of amides is 1. The Hall–Kier alpha value is -5.02. The quantitative estimate of drug-likeness (QED) is 0.233. The number of nitrogens with two attached hydrogens (primary N) is 1. The van der Waals surface area contributed by atoms with Crippen molar-refractivity contribution in [3.8, 4) is 28.4 Å². The number of aryl methyl sites for hydroxylation is 2. The highest BCUT2D eigenvalue weighted by atomic mass is 19.1. The summed E-state index contributed by atoms with van der Waals surface area (Å²) in [5.41, 5.74) is 14.7. The topological polar surface area (TPSA) is 91.2 Å². The van der Waals surface area contributed by atoms with Gasteiger partial charge in [-0.05, 0) is 84.3 Å². The molecule has 5 heterocycles. The number of ether oxygens (including phenoxy) is 1. The van der Waals surface area contributed by atoms with Gasteiger partial charge < -0.3 is 24.5 Å². The fraction of sp³-hybridized carbons (Fsp3) is 0.289. The predicted octanol–water partition coefficient (Wildman–Crippen LogP) is 6.62. The second-order valence-corrected chi connectivity index (χ2v) is 12.8. The van der Waals surface area contributed by atoms with E-state index >= 15 is 0 Å². The number of fused-ring (bicyclic) bond motifs is 11. The summed E-state index contributed by atoms with van der Waals surface area (Å²) in [7, 11) is 1.61. The normalized spacial score (nSPS) is 18.3. The molecule has 47 heavy (non-hydrogen) atoms. The number of alkyl halides is 1. The summed E-state index contributed by atoms with van der Waals surface area (Å²) in [5, 5.41) is 1.04. The highest BCUT2D eigenvalue weighted by Crippen LogP contribution is 2.37. The molecule has 9 heteroatoms. The Morgan fingerprint density at radius 1 is 0.979 bits per heavy atom. The monoisotopic (exact) mass is 628 g/mol. The van der Waals surface area contributed by atoms with Crippen molar-refractivity contribution in [2.45, 2.75) is 51.0 Å². The number of pyridine rings is 1. The summed E-state index contributed by atoms with van der Waals surface area (Å²) in [6, 6.07) is 26.7. The number of benzene rings is 3. The summed E-state index contributed by atoms with van der Waals surface area (Å²) in [4.78, 5) is 25.2. The molecule has 238 valence electrons. The van der Waals surface area contributed by atoms with Gasteiger partial charge in [0.2, 0.25) is 0 Å². The average Bonchev–Trinajstić information content (AvgIpc) is 3.63. The van der Waals surface area contributed by atoms with E-state index < -0.39 is 12.2 Å². The number of methoxy groups -OCH3 is 1. The maximum absolute atomic E-state index is 14.4. The third-order valence-corrected chi connectivity index (χ3v) is 9.55. The van der Waals surface area contributed by atoms with Crippen LogP contribution in [0.15, 0.2) is 85.1 Å². The standard InChI is InChI=1S/C38H37FN6O2/c1-47-34-19-28(38(46)43-22-29(39)20-30(40)23-43)17-32-35(34)45-21-24-8-6-11-26(16-24)31-13-3-2-9-25(31)10-4-5-15-44-33(37(45)42-32)18-27-12-7-14-41-36(27)44/h2-3,6-9,11-14,16-19,29-30H,4-5,10,15,20-23,40H2,1H3/t29-,30-/m1/s1. The fourth-order valence-electron chi connectivity index (χ4n) is 7.40. The molecule has 2 N–H and O–H groups in total. The maximum atomic E-state index is 14.4. The van der Waals surface area contributed by atoms with E-state index in [2.05, 4.69) is 69.8 Å². The van der Waals surface area contributed by atoms with E-state index in [-0.39, 0.29) is 18.9 Å². The van der Waals surface area contributed by atoms with Crippen LogP contribution in [0, 0.1) is 0 Å². The average molecular weight is 629 g/mol. The first-order chi connectivity index (χ1) is 23.0. The summed E-state index contributed by atoms with van der Waals surface area (Å²) >= 11 is 0. The molecule has 8 rings (SSSR count). The van der Waals surface area contributed by atoms with Crippen molar-refractivity contribution < 1.29 is 13.9 Å². The lowest BCUT2D eigenvalue weighted by atomic mass is 9.95. The lowest BCUT2D eigenvalue weighted by Gasteiger charge is -2.33. The van der Waals surface area contributed by atoms with E-state index in [1.54, 1.807) is 19.2 Å². The number of rotatable bonds is 2. The van der Waals surface area contributed by atoms with Crippen LogP contribution in [0.1, 0.15) is 40.7 Å². The number of piperidine rings is 1. The Bertz CT molecular complexity index is 2120. The van der Waals surface area contributed by atoms with Gasteiger partial charge in [-0.25, -0.2) is 14.4 Å². The van der Waals surface area contributed by atoms with Crippen molar-refractivity contribution in [2.24, 2.45) is 5.73 Å². The number of carbonyl (C=O) groups excluding carboxylic acids is 1. The Morgan fingerprint density at radius 2 is 1.87 bits per heavy atom. The SMILES string of the molecule is COc1cc(C(=O)N2C[C@H](N)C[C@@H](F)C2)cc2nc3n(c12)Cc1cccc(c1)-c1ccccc1CCCCn1c-3cc2cccnc21. The van der Waals surface area contributed by atoms with Gasteiger partial charge in [-0.15, -0.1) is 0 Å². The molecule has 0 radical (unpaired) electrons. The third-order valence-electron chi connectivity index (χ3n) is 9.55. The lowest BCUT2D eigenvalue weighted by molar-refractivity contribution is 0.0606. The second-order valence-electron chi connectivity index (χ2n) is 12.8. The first-order valence-electron chi connectivity index (χ1n) is 16.4. The van der Waals surface area contributed by atoms with Crippen LogP contribution in [0.5, 0.6) is 5.75 Å².